The molecule has 0 bridgehead atoms. The van der Waals surface area contributed by atoms with E-state index in [4.69, 9.17) is 9.47 Å². The molecular formula is C17H34N2O2. The lowest BCUT2D eigenvalue weighted by atomic mass is 9.78. The van der Waals surface area contributed by atoms with E-state index in [1.54, 1.807) is 0 Å². The summed E-state index contributed by atoms with van der Waals surface area (Å²) in [5.41, 5.74) is 0.413. The van der Waals surface area contributed by atoms with Crippen molar-refractivity contribution in [1.29, 1.82) is 0 Å². The summed E-state index contributed by atoms with van der Waals surface area (Å²) in [6, 6.07) is 0.567. The number of rotatable bonds is 7. The summed E-state index contributed by atoms with van der Waals surface area (Å²) >= 11 is 0. The van der Waals surface area contributed by atoms with Crippen LogP contribution < -0.4 is 5.32 Å². The first-order valence-electron chi connectivity index (χ1n) is 8.66. The molecule has 0 aromatic heterocycles. The van der Waals surface area contributed by atoms with Crippen LogP contribution >= 0.6 is 0 Å². The van der Waals surface area contributed by atoms with Gasteiger partial charge in [-0.25, -0.2) is 0 Å². The normalized spacial score (nSPS) is 24.6. The molecule has 21 heavy (non-hydrogen) atoms. The second-order valence-corrected chi connectivity index (χ2v) is 7.32. The monoisotopic (exact) mass is 298 g/mol. The van der Waals surface area contributed by atoms with Gasteiger partial charge >= 0.3 is 0 Å². The molecule has 0 unspecified atom stereocenters. The molecule has 4 heteroatoms. The van der Waals surface area contributed by atoms with Gasteiger partial charge in [0.15, 0.2) is 0 Å². The second kappa shape index (κ2) is 8.47. The fourth-order valence-corrected chi connectivity index (χ4v) is 3.64. The Labute approximate surface area is 130 Å². The minimum absolute atomic E-state index is 0.413. The van der Waals surface area contributed by atoms with Gasteiger partial charge in [0.05, 0.1) is 0 Å². The lowest BCUT2D eigenvalue weighted by Crippen LogP contribution is -2.50. The molecule has 0 atom stereocenters. The van der Waals surface area contributed by atoms with Crippen LogP contribution in [0.3, 0.4) is 0 Å². The molecular weight excluding hydrogens is 264 g/mol. The molecule has 2 aliphatic rings. The van der Waals surface area contributed by atoms with E-state index in [2.05, 4.69) is 24.1 Å². The topological polar surface area (TPSA) is 33.7 Å². The molecule has 2 aliphatic heterocycles. The number of nitrogens with zero attached hydrogens (tertiary/aromatic N) is 1. The number of ether oxygens (including phenoxy) is 2. The summed E-state index contributed by atoms with van der Waals surface area (Å²) in [7, 11) is 1.82. The van der Waals surface area contributed by atoms with E-state index in [9.17, 15) is 0 Å². The van der Waals surface area contributed by atoms with Gasteiger partial charge in [-0.3, -0.25) is 0 Å². The lowest BCUT2D eigenvalue weighted by Gasteiger charge is -2.43. The van der Waals surface area contributed by atoms with Gasteiger partial charge in [0, 0.05) is 46.1 Å². The van der Waals surface area contributed by atoms with Crippen molar-refractivity contribution < 1.29 is 9.47 Å². The Morgan fingerprint density at radius 3 is 2.48 bits per heavy atom. The van der Waals surface area contributed by atoms with E-state index in [-0.39, 0.29) is 0 Å². The highest BCUT2D eigenvalue weighted by molar-refractivity contribution is 4.89. The summed E-state index contributed by atoms with van der Waals surface area (Å²) < 4.78 is 10.9. The van der Waals surface area contributed by atoms with Crippen molar-refractivity contribution in [3.8, 4) is 0 Å². The van der Waals surface area contributed by atoms with Crippen molar-refractivity contribution in [1.82, 2.24) is 10.2 Å². The van der Waals surface area contributed by atoms with Crippen LogP contribution in [-0.4, -0.2) is 64.1 Å². The smallest absolute Gasteiger partial charge is 0.0491 e. The van der Waals surface area contributed by atoms with Gasteiger partial charge in [-0.15, -0.1) is 0 Å². The highest BCUT2D eigenvalue weighted by Crippen LogP contribution is 2.32. The summed E-state index contributed by atoms with van der Waals surface area (Å²) in [5.74, 6) is 0.769. The van der Waals surface area contributed by atoms with Gasteiger partial charge in [0.25, 0.3) is 0 Å². The molecule has 0 radical (unpaired) electrons. The van der Waals surface area contributed by atoms with E-state index in [0.717, 1.165) is 32.3 Å². The largest absolute Gasteiger partial charge is 0.384 e. The van der Waals surface area contributed by atoms with Crippen molar-refractivity contribution in [3.63, 3.8) is 0 Å². The Kier molecular flexibility index (Phi) is 6.93. The molecule has 0 spiro atoms. The Morgan fingerprint density at radius 2 is 1.90 bits per heavy atom. The van der Waals surface area contributed by atoms with Crippen LogP contribution in [0.25, 0.3) is 0 Å². The molecule has 2 saturated heterocycles. The van der Waals surface area contributed by atoms with Gasteiger partial charge in [0.2, 0.25) is 0 Å². The fraction of sp³-hybridized carbons (Fsp3) is 1.00. The minimum Gasteiger partial charge on any atom is -0.384 e. The summed E-state index contributed by atoms with van der Waals surface area (Å²) in [5, 5.41) is 3.67. The zero-order valence-corrected chi connectivity index (χ0v) is 14.2. The molecule has 2 heterocycles. The first kappa shape index (κ1) is 17.2. The van der Waals surface area contributed by atoms with Crippen LogP contribution in [0.5, 0.6) is 0 Å². The maximum absolute atomic E-state index is 5.61. The lowest BCUT2D eigenvalue weighted by molar-refractivity contribution is -0.0129. The molecule has 0 aliphatic carbocycles. The number of piperidine rings is 1. The van der Waals surface area contributed by atoms with E-state index in [1.165, 1.54) is 45.3 Å². The maximum Gasteiger partial charge on any atom is 0.0491 e. The molecule has 0 aromatic carbocycles. The van der Waals surface area contributed by atoms with Crippen molar-refractivity contribution in [3.05, 3.63) is 0 Å². The van der Waals surface area contributed by atoms with Gasteiger partial charge in [-0.2, -0.15) is 0 Å². The molecule has 2 rings (SSSR count). The van der Waals surface area contributed by atoms with Crippen molar-refractivity contribution in [2.24, 2.45) is 11.3 Å². The van der Waals surface area contributed by atoms with Crippen LogP contribution in [0.2, 0.25) is 0 Å². The van der Waals surface area contributed by atoms with Crippen molar-refractivity contribution in [2.45, 2.75) is 45.6 Å². The highest BCUT2D eigenvalue weighted by Gasteiger charge is 2.35. The highest BCUT2D eigenvalue weighted by atomic mass is 16.5. The molecule has 4 nitrogen and oxygen atoms in total. The Bertz CT molecular complexity index is 283. The molecule has 2 fully saturated rings. The zero-order valence-electron chi connectivity index (χ0n) is 14.2. The number of nitrogens with one attached hydrogen (secondary N) is 1. The molecule has 124 valence electrons. The Morgan fingerprint density at radius 1 is 1.24 bits per heavy atom. The predicted octanol–water partition coefficient (Wildman–Crippen LogP) is 2.14. The van der Waals surface area contributed by atoms with Crippen LogP contribution in [0.15, 0.2) is 0 Å². The van der Waals surface area contributed by atoms with E-state index >= 15 is 0 Å². The van der Waals surface area contributed by atoms with Gasteiger partial charge in [0.1, 0.15) is 0 Å². The fourth-order valence-electron chi connectivity index (χ4n) is 3.64. The minimum atomic E-state index is 0.413. The van der Waals surface area contributed by atoms with Crippen LogP contribution in [-0.2, 0) is 9.47 Å². The van der Waals surface area contributed by atoms with Crippen LogP contribution in [0.1, 0.15) is 39.5 Å². The molecule has 1 N–H and O–H groups in total. The van der Waals surface area contributed by atoms with Gasteiger partial charge < -0.3 is 19.7 Å². The quantitative estimate of drug-likeness (QED) is 0.781. The molecule has 0 amide bonds. The third-order valence-electron chi connectivity index (χ3n) is 5.11. The van der Waals surface area contributed by atoms with Crippen LogP contribution in [0.4, 0.5) is 0 Å². The van der Waals surface area contributed by atoms with E-state index < -0.39 is 0 Å². The standard InChI is InChI=1S/C17H34N2O2/c1-15(2)18-13-17(6-10-21-11-7-17)14-19-8-4-16(5-9-19)12-20-3/h15-16,18H,4-14H2,1-3H3. The second-order valence-electron chi connectivity index (χ2n) is 7.32. The zero-order chi connectivity index (χ0) is 15.1. The van der Waals surface area contributed by atoms with Crippen molar-refractivity contribution >= 4 is 0 Å². The average molecular weight is 298 g/mol. The predicted molar refractivity (Wildman–Crippen MR) is 86.7 cm³/mol. The van der Waals surface area contributed by atoms with Crippen LogP contribution in [0, 0.1) is 11.3 Å². The third kappa shape index (κ3) is 5.51. The molecule has 0 saturated carbocycles. The summed E-state index contributed by atoms with van der Waals surface area (Å²) in [6.45, 7) is 12.1. The first-order valence-corrected chi connectivity index (χ1v) is 8.66. The maximum atomic E-state index is 5.61. The molecule has 0 aromatic rings. The average Bonchev–Trinajstić information content (AvgIpc) is 2.49. The SMILES string of the molecule is COCC1CCN(CC2(CNC(C)C)CCOCC2)CC1. The van der Waals surface area contributed by atoms with Gasteiger partial charge in [-0.05, 0) is 50.1 Å². The third-order valence-corrected chi connectivity index (χ3v) is 5.11. The Hall–Kier alpha value is -0.160. The number of hydrogen-bond donors (Lipinski definition) is 1. The van der Waals surface area contributed by atoms with Crippen molar-refractivity contribution in [2.75, 3.05) is 53.1 Å². The Balaban J connectivity index is 1.84. The van der Waals surface area contributed by atoms with E-state index in [1.807, 2.05) is 7.11 Å². The number of likely N-dealkylation sites (tertiary alicyclic amines) is 1. The number of hydrogen-bond acceptors (Lipinski definition) is 4. The van der Waals surface area contributed by atoms with Gasteiger partial charge in [-0.1, -0.05) is 13.8 Å². The first-order chi connectivity index (χ1) is 10.1. The van der Waals surface area contributed by atoms with E-state index in [0.29, 0.717) is 11.5 Å². The summed E-state index contributed by atoms with van der Waals surface area (Å²) in [4.78, 5) is 2.68. The number of methoxy groups -OCH3 is 1. The summed E-state index contributed by atoms with van der Waals surface area (Å²) in [6.07, 6.45) is 4.98.